The molecule has 4 nitrogen and oxygen atoms in total. The number of hydrogen-bond acceptors (Lipinski definition) is 4. The van der Waals surface area contributed by atoms with Crippen LogP contribution in [0.5, 0.6) is 0 Å². The molecule has 1 aromatic carbocycles. The van der Waals surface area contributed by atoms with Gasteiger partial charge >= 0.3 is 0 Å². The summed E-state index contributed by atoms with van der Waals surface area (Å²) in [5.74, 6) is 0. The zero-order valence-corrected chi connectivity index (χ0v) is 10.6. The van der Waals surface area contributed by atoms with E-state index in [1.54, 1.807) is 6.20 Å². The number of para-hydroxylation sites is 1. The van der Waals surface area contributed by atoms with Crippen LogP contribution in [0.25, 0.3) is 0 Å². The van der Waals surface area contributed by atoms with E-state index in [-0.39, 0.29) is 0 Å². The smallest absolute Gasteiger partial charge is 0.0899 e. The first-order valence-electron chi connectivity index (χ1n) is 6.39. The van der Waals surface area contributed by atoms with Gasteiger partial charge < -0.3 is 5.32 Å². The summed E-state index contributed by atoms with van der Waals surface area (Å²) in [4.78, 5) is 0. The van der Waals surface area contributed by atoms with E-state index in [1.807, 2.05) is 30.3 Å². The lowest BCUT2D eigenvalue weighted by atomic mass is 10.1. The quantitative estimate of drug-likeness (QED) is 0.789. The van der Waals surface area contributed by atoms with E-state index in [1.165, 1.54) is 12.8 Å². The maximum absolute atomic E-state index is 4.12. The number of aromatic nitrogens is 3. The van der Waals surface area contributed by atoms with Gasteiger partial charge in [-0.15, -0.1) is 10.2 Å². The van der Waals surface area contributed by atoms with E-state index in [0.29, 0.717) is 0 Å². The fourth-order valence-corrected chi connectivity index (χ4v) is 1.80. The Morgan fingerprint density at radius 1 is 1.11 bits per heavy atom. The summed E-state index contributed by atoms with van der Waals surface area (Å²) in [5, 5.41) is 15.0. The molecule has 0 saturated heterocycles. The summed E-state index contributed by atoms with van der Waals surface area (Å²) in [5.41, 5.74) is 2.98. The lowest BCUT2D eigenvalue weighted by molar-refractivity contribution is 0.690. The summed E-state index contributed by atoms with van der Waals surface area (Å²) >= 11 is 0. The van der Waals surface area contributed by atoms with Gasteiger partial charge in [0, 0.05) is 5.69 Å². The monoisotopic (exact) mass is 242 g/mol. The minimum atomic E-state index is 0.943. The standard InChI is InChI=1S/C14H18N4/c1-2-3-5-10-13-14(11-15-18-17-13)16-12-8-6-4-7-9-12/h4,6-9,11H,2-3,5,10H2,1H3,(H,16,18). The number of nitrogens with zero attached hydrogens (tertiary/aromatic N) is 3. The van der Waals surface area contributed by atoms with E-state index >= 15 is 0 Å². The van der Waals surface area contributed by atoms with Crippen molar-refractivity contribution in [1.29, 1.82) is 0 Å². The van der Waals surface area contributed by atoms with Crippen LogP contribution in [0.2, 0.25) is 0 Å². The average Bonchev–Trinajstić information content (AvgIpc) is 2.42. The van der Waals surface area contributed by atoms with E-state index in [2.05, 4.69) is 27.7 Å². The van der Waals surface area contributed by atoms with Crippen molar-refractivity contribution < 1.29 is 0 Å². The molecular weight excluding hydrogens is 224 g/mol. The van der Waals surface area contributed by atoms with Crippen molar-refractivity contribution in [2.24, 2.45) is 0 Å². The van der Waals surface area contributed by atoms with Crippen LogP contribution in [0.15, 0.2) is 36.5 Å². The number of hydrogen-bond donors (Lipinski definition) is 1. The molecule has 1 N–H and O–H groups in total. The number of rotatable bonds is 6. The summed E-state index contributed by atoms with van der Waals surface area (Å²) in [6.07, 6.45) is 6.24. The highest BCUT2D eigenvalue weighted by atomic mass is 15.3. The third-order valence-electron chi connectivity index (χ3n) is 2.78. The molecule has 0 saturated carbocycles. The van der Waals surface area contributed by atoms with Crippen molar-refractivity contribution in [3.05, 3.63) is 42.2 Å². The molecule has 0 atom stereocenters. The summed E-state index contributed by atoms with van der Waals surface area (Å²) in [6.45, 7) is 2.20. The Kier molecular flexibility index (Phi) is 4.64. The average molecular weight is 242 g/mol. The molecule has 4 heteroatoms. The van der Waals surface area contributed by atoms with Crippen LogP contribution in [0, 0.1) is 0 Å². The SMILES string of the molecule is CCCCCc1nnncc1Nc1ccccc1. The fraction of sp³-hybridized carbons (Fsp3) is 0.357. The molecule has 94 valence electrons. The highest BCUT2D eigenvalue weighted by molar-refractivity contribution is 5.60. The Bertz CT molecular complexity index is 470. The van der Waals surface area contributed by atoms with Crippen LogP contribution in [-0.4, -0.2) is 15.4 Å². The van der Waals surface area contributed by atoms with Crippen molar-refractivity contribution in [2.45, 2.75) is 32.6 Å². The minimum Gasteiger partial charge on any atom is -0.353 e. The van der Waals surface area contributed by atoms with Gasteiger partial charge in [0.15, 0.2) is 0 Å². The van der Waals surface area contributed by atoms with Gasteiger partial charge in [-0.1, -0.05) is 38.0 Å². The minimum absolute atomic E-state index is 0.943. The van der Waals surface area contributed by atoms with Gasteiger partial charge in [0.25, 0.3) is 0 Å². The van der Waals surface area contributed by atoms with Gasteiger partial charge in [-0.3, -0.25) is 0 Å². The topological polar surface area (TPSA) is 50.7 Å². The van der Waals surface area contributed by atoms with E-state index in [4.69, 9.17) is 0 Å². The normalized spacial score (nSPS) is 10.3. The van der Waals surface area contributed by atoms with Crippen LogP contribution in [0.4, 0.5) is 11.4 Å². The molecule has 0 aliphatic rings. The molecule has 0 amide bonds. The first-order valence-corrected chi connectivity index (χ1v) is 6.39. The predicted molar refractivity (Wildman–Crippen MR) is 72.8 cm³/mol. The number of nitrogens with one attached hydrogen (secondary N) is 1. The Morgan fingerprint density at radius 2 is 1.94 bits per heavy atom. The zero-order chi connectivity index (χ0) is 12.6. The summed E-state index contributed by atoms with van der Waals surface area (Å²) in [7, 11) is 0. The third kappa shape index (κ3) is 3.52. The van der Waals surface area contributed by atoms with Crippen LogP contribution < -0.4 is 5.32 Å². The fourth-order valence-electron chi connectivity index (χ4n) is 1.80. The Hall–Kier alpha value is -1.97. The van der Waals surface area contributed by atoms with Crippen LogP contribution in [0.1, 0.15) is 31.9 Å². The molecule has 1 aromatic heterocycles. The maximum atomic E-state index is 4.12. The van der Waals surface area contributed by atoms with Crippen molar-refractivity contribution in [1.82, 2.24) is 15.4 Å². The molecular formula is C14H18N4. The van der Waals surface area contributed by atoms with Gasteiger partial charge in [-0.25, -0.2) is 0 Å². The molecule has 0 aliphatic heterocycles. The number of anilines is 2. The Balaban J connectivity index is 2.07. The van der Waals surface area contributed by atoms with Crippen molar-refractivity contribution >= 4 is 11.4 Å². The third-order valence-corrected chi connectivity index (χ3v) is 2.78. The first kappa shape index (κ1) is 12.5. The highest BCUT2D eigenvalue weighted by Gasteiger charge is 2.05. The molecule has 18 heavy (non-hydrogen) atoms. The van der Waals surface area contributed by atoms with E-state index < -0.39 is 0 Å². The molecule has 1 heterocycles. The van der Waals surface area contributed by atoms with Crippen LogP contribution in [-0.2, 0) is 6.42 Å². The Labute approximate surface area is 107 Å². The second-order valence-corrected chi connectivity index (χ2v) is 4.24. The van der Waals surface area contributed by atoms with Gasteiger partial charge in [-0.2, -0.15) is 0 Å². The molecule has 0 spiro atoms. The molecule has 0 fully saturated rings. The first-order chi connectivity index (χ1) is 8.90. The van der Waals surface area contributed by atoms with Gasteiger partial charge in [-0.05, 0) is 30.2 Å². The number of unbranched alkanes of at least 4 members (excludes halogenated alkanes) is 2. The molecule has 2 rings (SSSR count). The lowest BCUT2D eigenvalue weighted by Crippen LogP contribution is -2.02. The van der Waals surface area contributed by atoms with Gasteiger partial charge in [0.1, 0.15) is 0 Å². The highest BCUT2D eigenvalue weighted by Crippen LogP contribution is 2.19. The maximum Gasteiger partial charge on any atom is 0.0899 e. The second kappa shape index (κ2) is 6.69. The van der Waals surface area contributed by atoms with Gasteiger partial charge in [0.2, 0.25) is 0 Å². The summed E-state index contributed by atoms with van der Waals surface area (Å²) < 4.78 is 0. The number of benzene rings is 1. The summed E-state index contributed by atoms with van der Waals surface area (Å²) in [6, 6.07) is 10.0. The van der Waals surface area contributed by atoms with Crippen LogP contribution >= 0.6 is 0 Å². The molecule has 0 unspecified atom stereocenters. The van der Waals surface area contributed by atoms with E-state index in [9.17, 15) is 0 Å². The Morgan fingerprint density at radius 3 is 2.72 bits per heavy atom. The lowest BCUT2D eigenvalue weighted by Gasteiger charge is -2.09. The predicted octanol–water partition coefficient (Wildman–Crippen LogP) is 3.35. The zero-order valence-electron chi connectivity index (χ0n) is 10.6. The number of aryl methyl sites for hydroxylation is 1. The van der Waals surface area contributed by atoms with Gasteiger partial charge in [0.05, 0.1) is 17.6 Å². The molecule has 0 aliphatic carbocycles. The van der Waals surface area contributed by atoms with Crippen molar-refractivity contribution in [3.63, 3.8) is 0 Å². The second-order valence-electron chi connectivity index (χ2n) is 4.24. The van der Waals surface area contributed by atoms with E-state index in [0.717, 1.165) is 29.9 Å². The van der Waals surface area contributed by atoms with Crippen molar-refractivity contribution in [3.8, 4) is 0 Å². The molecule has 2 aromatic rings. The van der Waals surface area contributed by atoms with Crippen molar-refractivity contribution in [2.75, 3.05) is 5.32 Å². The molecule has 0 bridgehead atoms. The largest absolute Gasteiger partial charge is 0.353 e. The molecule has 0 radical (unpaired) electrons. The van der Waals surface area contributed by atoms with Crippen LogP contribution in [0.3, 0.4) is 0 Å².